The molecule has 1 aromatic heterocycles. The van der Waals surface area contributed by atoms with Gasteiger partial charge in [-0.15, -0.1) is 5.10 Å². The number of anilines is 1. The maximum atomic E-state index is 5.32. The summed E-state index contributed by atoms with van der Waals surface area (Å²) in [6, 6.07) is 0.470. The molecular formula is C7H14N4O2. The van der Waals surface area contributed by atoms with E-state index in [-0.39, 0.29) is 6.54 Å². The van der Waals surface area contributed by atoms with Gasteiger partial charge in [0.1, 0.15) is 0 Å². The van der Waals surface area contributed by atoms with E-state index in [0.29, 0.717) is 25.1 Å². The molecule has 0 saturated heterocycles. The van der Waals surface area contributed by atoms with E-state index in [0.717, 1.165) is 0 Å². The monoisotopic (exact) mass is 186 g/mol. The molecule has 0 radical (unpaired) electrons. The van der Waals surface area contributed by atoms with Crippen molar-refractivity contribution < 1.29 is 9.15 Å². The molecule has 0 aliphatic carbocycles. The van der Waals surface area contributed by atoms with Gasteiger partial charge < -0.3 is 19.8 Å². The van der Waals surface area contributed by atoms with Crippen molar-refractivity contribution in [3.8, 4) is 0 Å². The van der Waals surface area contributed by atoms with Crippen LogP contribution in [0.4, 0.5) is 6.01 Å². The van der Waals surface area contributed by atoms with E-state index in [9.17, 15) is 0 Å². The molecule has 0 aliphatic rings. The Hall–Kier alpha value is -1.14. The van der Waals surface area contributed by atoms with Crippen molar-refractivity contribution >= 4 is 6.01 Å². The molecule has 13 heavy (non-hydrogen) atoms. The first-order chi connectivity index (χ1) is 6.27. The minimum Gasteiger partial charge on any atom is -0.407 e. The molecule has 0 atom stereocenters. The number of methoxy groups -OCH3 is 1. The predicted molar refractivity (Wildman–Crippen MR) is 47.3 cm³/mol. The van der Waals surface area contributed by atoms with Crippen LogP contribution in [0.15, 0.2) is 4.42 Å². The van der Waals surface area contributed by atoms with Crippen LogP contribution in [0.2, 0.25) is 0 Å². The highest BCUT2D eigenvalue weighted by Crippen LogP contribution is 2.08. The fraction of sp³-hybridized carbons (Fsp3) is 0.714. The highest BCUT2D eigenvalue weighted by Gasteiger charge is 2.08. The number of hydrogen-bond acceptors (Lipinski definition) is 6. The average Bonchev–Trinajstić information content (AvgIpc) is 2.62. The minimum absolute atomic E-state index is 0.269. The molecule has 0 unspecified atom stereocenters. The van der Waals surface area contributed by atoms with E-state index in [1.165, 1.54) is 0 Å². The van der Waals surface area contributed by atoms with Crippen molar-refractivity contribution in [2.45, 2.75) is 6.54 Å². The summed E-state index contributed by atoms with van der Waals surface area (Å²) >= 11 is 0. The molecule has 2 N–H and O–H groups in total. The molecule has 6 nitrogen and oxygen atoms in total. The SMILES string of the molecule is COCCN(C)c1nnc(CN)o1. The lowest BCUT2D eigenvalue weighted by Crippen LogP contribution is -2.22. The molecule has 0 fully saturated rings. The smallest absolute Gasteiger partial charge is 0.318 e. The molecule has 0 saturated carbocycles. The quantitative estimate of drug-likeness (QED) is 0.674. The summed E-state index contributed by atoms with van der Waals surface area (Å²) in [4.78, 5) is 1.82. The van der Waals surface area contributed by atoms with Crippen LogP contribution in [-0.2, 0) is 11.3 Å². The number of hydrogen-bond donors (Lipinski definition) is 1. The number of ether oxygens (including phenoxy) is 1. The van der Waals surface area contributed by atoms with Gasteiger partial charge in [-0.2, -0.15) is 0 Å². The first-order valence-electron chi connectivity index (χ1n) is 4.00. The zero-order valence-corrected chi connectivity index (χ0v) is 7.86. The summed E-state index contributed by atoms with van der Waals surface area (Å²) in [5.74, 6) is 0.444. The Morgan fingerprint density at radius 1 is 1.54 bits per heavy atom. The van der Waals surface area contributed by atoms with Crippen LogP contribution in [0.1, 0.15) is 5.89 Å². The van der Waals surface area contributed by atoms with Gasteiger partial charge in [-0.25, -0.2) is 0 Å². The summed E-state index contributed by atoms with van der Waals surface area (Å²) < 4.78 is 10.1. The van der Waals surface area contributed by atoms with Gasteiger partial charge in [-0.3, -0.25) is 0 Å². The molecule has 6 heteroatoms. The van der Waals surface area contributed by atoms with Gasteiger partial charge in [0.2, 0.25) is 5.89 Å². The van der Waals surface area contributed by atoms with E-state index in [1.54, 1.807) is 7.11 Å². The van der Waals surface area contributed by atoms with Gasteiger partial charge >= 0.3 is 6.01 Å². The lowest BCUT2D eigenvalue weighted by molar-refractivity contribution is 0.205. The Labute approximate surface area is 76.7 Å². The number of likely N-dealkylation sites (N-methyl/N-ethyl adjacent to an activating group) is 1. The van der Waals surface area contributed by atoms with Crippen molar-refractivity contribution in [3.05, 3.63) is 5.89 Å². The predicted octanol–water partition coefficient (Wildman–Crippen LogP) is -0.389. The second kappa shape index (κ2) is 4.78. The zero-order valence-electron chi connectivity index (χ0n) is 7.86. The standard InChI is InChI=1S/C7H14N4O2/c1-11(3-4-12-2)7-10-9-6(5-8)13-7/h3-5,8H2,1-2H3. The highest BCUT2D eigenvalue weighted by atomic mass is 16.5. The van der Waals surface area contributed by atoms with Crippen LogP contribution in [0.25, 0.3) is 0 Å². The van der Waals surface area contributed by atoms with Crippen LogP contribution in [0, 0.1) is 0 Å². The maximum Gasteiger partial charge on any atom is 0.318 e. The second-order valence-corrected chi connectivity index (χ2v) is 2.60. The molecular weight excluding hydrogens is 172 g/mol. The van der Waals surface area contributed by atoms with Crippen LogP contribution in [0.3, 0.4) is 0 Å². The van der Waals surface area contributed by atoms with Gasteiger partial charge in [0.25, 0.3) is 0 Å². The van der Waals surface area contributed by atoms with E-state index in [4.69, 9.17) is 14.9 Å². The molecule has 0 aromatic carbocycles. The number of rotatable bonds is 5. The van der Waals surface area contributed by atoms with Crippen molar-refractivity contribution in [2.75, 3.05) is 32.2 Å². The number of nitrogens with zero attached hydrogens (tertiary/aromatic N) is 3. The van der Waals surface area contributed by atoms with Crippen LogP contribution >= 0.6 is 0 Å². The third-order valence-corrected chi connectivity index (χ3v) is 1.59. The average molecular weight is 186 g/mol. The molecule has 0 bridgehead atoms. The molecule has 0 aliphatic heterocycles. The van der Waals surface area contributed by atoms with E-state index in [1.807, 2.05) is 11.9 Å². The van der Waals surface area contributed by atoms with E-state index < -0.39 is 0 Å². The molecule has 0 amide bonds. The fourth-order valence-corrected chi connectivity index (χ4v) is 0.805. The number of nitrogens with two attached hydrogens (primary N) is 1. The fourth-order valence-electron chi connectivity index (χ4n) is 0.805. The van der Waals surface area contributed by atoms with E-state index >= 15 is 0 Å². The van der Waals surface area contributed by atoms with Gasteiger partial charge in [0.05, 0.1) is 13.2 Å². The molecule has 1 rings (SSSR count). The first-order valence-corrected chi connectivity index (χ1v) is 4.00. The summed E-state index contributed by atoms with van der Waals surface area (Å²) in [7, 11) is 3.50. The molecule has 74 valence electrons. The zero-order chi connectivity index (χ0) is 9.68. The van der Waals surface area contributed by atoms with Crippen LogP contribution < -0.4 is 10.6 Å². The van der Waals surface area contributed by atoms with Crippen molar-refractivity contribution in [1.82, 2.24) is 10.2 Å². The second-order valence-electron chi connectivity index (χ2n) is 2.60. The minimum atomic E-state index is 0.269. The molecule has 1 heterocycles. The largest absolute Gasteiger partial charge is 0.407 e. The number of aromatic nitrogens is 2. The molecule has 0 spiro atoms. The van der Waals surface area contributed by atoms with E-state index in [2.05, 4.69) is 10.2 Å². The van der Waals surface area contributed by atoms with Gasteiger partial charge in [0.15, 0.2) is 0 Å². The van der Waals surface area contributed by atoms with Crippen molar-refractivity contribution in [2.24, 2.45) is 5.73 Å². The summed E-state index contributed by atoms with van der Waals surface area (Å²) in [6.07, 6.45) is 0. The lowest BCUT2D eigenvalue weighted by atomic mass is 10.6. The summed E-state index contributed by atoms with van der Waals surface area (Å²) in [5.41, 5.74) is 5.32. The third kappa shape index (κ3) is 2.67. The van der Waals surface area contributed by atoms with Gasteiger partial charge in [-0.05, 0) is 0 Å². The van der Waals surface area contributed by atoms with Crippen molar-refractivity contribution in [3.63, 3.8) is 0 Å². The van der Waals surface area contributed by atoms with Gasteiger partial charge in [-0.1, -0.05) is 5.10 Å². The Balaban J connectivity index is 2.50. The highest BCUT2D eigenvalue weighted by molar-refractivity contribution is 5.21. The van der Waals surface area contributed by atoms with Gasteiger partial charge in [0, 0.05) is 20.7 Å². The third-order valence-electron chi connectivity index (χ3n) is 1.59. The molecule has 1 aromatic rings. The summed E-state index contributed by atoms with van der Waals surface area (Å²) in [5, 5.41) is 7.55. The Bertz CT molecular complexity index is 250. The normalized spacial score (nSPS) is 10.4. The van der Waals surface area contributed by atoms with Crippen molar-refractivity contribution in [1.29, 1.82) is 0 Å². The summed E-state index contributed by atoms with van der Waals surface area (Å²) in [6.45, 7) is 1.60. The lowest BCUT2D eigenvalue weighted by Gasteiger charge is -2.11. The van der Waals surface area contributed by atoms with Crippen LogP contribution in [0.5, 0.6) is 0 Å². The Morgan fingerprint density at radius 2 is 2.31 bits per heavy atom. The van der Waals surface area contributed by atoms with Crippen LogP contribution in [-0.4, -0.2) is 37.5 Å². The Morgan fingerprint density at radius 3 is 2.85 bits per heavy atom. The first kappa shape index (κ1) is 9.94. The maximum absolute atomic E-state index is 5.32. The topological polar surface area (TPSA) is 77.4 Å². The Kier molecular flexibility index (Phi) is 3.66.